The van der Waals surface area contributed by atoms with Crippen LogP contribution in [-0.2, 0) is 16.3 Å². The molecule has 84 valence electrons. The quantitative estimate of drug-likeness (QED) is 0.831. The maximum absolute atomic E-state index is 12.8. The molecule has 1 aromatic carbocycles. The molecule has 0 spiro atoms. The van der Waals surface area contributed by atoms with E-state index in [4.69, 9.17) is 5.73 Å². The Kier molecular flexibility index (Phi) is 3.82. The van der Waals surface area contributed by atoms with E-state index in [1.54, 1.807) is 12.1 Å². The zero-order chi connectivity index (χ0) is 11.5. The molecule has 0 saturated heterocycles. The molecule has 3 nitrogen and oxygen atoms in total. The van der Waals surface area contributed by atoms with Crippen molar-refractivity contribution >= 4 is 9.84 Å². The molecule has 0 fully saturated rings. The fraction of sp³-hybridized carbons (Fsp3) is 0.400. The summed E-state index contributed by atoms with van der Waals surface area (Å²) in [4.78, 5) is 0. The van der Waals surface area contributed by atoms with Gasteiger partial charge >= 0.3 is 0 Å². The van der Waals surface area contributed by atoms with Crippen LogP contribution in [-0.4, -0.2) is 26.5 Å². The maximum Gasteiger partial charge on any atom is 0.151 e. The second kappa shape index (κ2) is 4.72. The smallest absolute Gasteiger partial charge is 0.151 e. The number of benzene rings is 1. The summed E-state index contributed by atoms with van der Waals surface area (Å²) in [5.41, 5.74) is 6.02. The molecule has 5 heteroatoms. The average molecular weight is 231 g/mol. The number of sulfone groups is 1. The molecule has 1 rings (SSSR count). The first kappa shape index (κ1) is 12.1. The molecule has 0 bridgehead atoms. The first-order valence-electron chi connectivity index (χ1n) is 4.57. The lowest BCUT2D eigenvalue weighted by Gasteiger charge is -2.12. The molecule has 0 aromatic heterocycles. The van der Waals surface area contributed by atoms with Gasteiger partial charge in [-0.15, -0.1) is 0 Å². The molecule has 1 atom stereocenters. The number of hydrogen-bond acceptors (Lipinski definition) is 3. The lowest BCUT2D eigenvalue weighted by atomic mass is 10.1. The average Bonchev–Trinajstić information content (AvgIpc) is 2.12. The summed E-state index contributed by atoms with van der Waals surface area (Å²) >= 11 is 0. The largest absolute Gasteiger partial charge is 0.329 e. The van der Waals surface area contributed by atoms with Crippen LogP contribution in [0.15, 0.2) is 24.3 Å². The Hall–Kier alpha value is -0.940. The molecule has 0 aliphatic rings. The van der Waals surface area contributed by atoms with Crippen molar-refractivity contribution in [2.24, 2.45) is 5.73 Å². The molecule has 0 saturated carbocycles. The van der Waals surface area contributed by atoms with E-state index in [1.165, 1.54) is 12.1 Å². The molecular weight excluding hydrogens is 217 g/mol. The van der Waals surface area contributed by atoms with E-state index in [2.05, 4.69) is 0 Å². The van der Waals surface area contributed by atoms with Crippen molar-refractivity contribution in [3.8, 4) is 0 Å². The van der Waals surface area contributed by atoms with Crippen LogP contribution < -0.4 is 5.73 Å². The summed E-state index contributed by atoms with van der Waals surface area (Å²) in [5, 5.41) is -0.640. The number of rotatable bonds is 4. The monoisotopic (exact) mass is 231 g/mol. The summed E-state index contributed by atoms with van der Waals surface area (Å²) in [6, 6.07) is 5.90. The van der Waals surface area contributed by atoms with Gasteiger partial charge in [-0.25, -0.2) is 12.8 Å². The van der Waals surface area contributed by atoms with Crippen molar-refractivity contribution in [2.45, 2.75) is 11.7 Å². The van der Waals surface area contributed by atoms with Crippen molar-refractivity contribution in [2.75, 3.05) is 12.8 Å². The van der Waals surface area contributed by atoms with Crippen LogP contribution in [0.1, 0.15) is 5.56 Å². The Morgan fingerprint density at radius 3 is 2.60 bits per heavy atom. The van der Waals surface area contributed by atoms with Crippen LogP contribution in [0.5, 0.6) is 0 Å². The Balaban J connectivity index is 2.85. The maximum atomic E-state index is 12.8. The highest BCUT2D eigenvalue weighted by molar-refractivity contribution is 7.91. The van der Waals surface area contributed by atoms with Crippen molar-refractivity contribution in [1.29, 1.82) is 0 Å². The van der Waals surface area contributed by atoms with Gasteiger partial charge in [0.25, 0.3) is 0 Å². The molecule has 1 unspecified atom stereocenters. The molecule has 15 heavy (non-hydrogen) atoms. The van der Waals surface area contributed by atoms with E-state index in [-0.39, 0.29) is 18.8 Å². The zero-order valence-corrected chi connectivity index (χ0v) is 9.30. The second-order valence-electron chi connectivity index (χ2n) is 3.52. The summed E-state index contributed by atoms with van der Waals surface area (Å²) < 4.78 is 35.4. The minimum Gasteiger partial charge on any atom is -0.329 e. The van der Waals surface area contributed by atoms with E-state index in [1.807, 2.05) is 0 Å². The first-order chi connectivity index (χ1) is 6.93. The van der Waals surface area contributed by atoms with Crippen LogP contribution in [0.25, 0.3) is 0 Å². The van der Waals surface area contributed by atoms with Gasteiger partial charge in [-0.3, -0.25) is 0 Å². The van der Waals surface area contributed by atoms with Gasteiger partial charge in [-0.2, -0.15) is 0 Å². The minimum atomic E-state index is -3.17. The molecular formula is C10H14FNO2S. The number of hydrogen-bond donors (Lipinski definition) is 1. The summed E-state index contributed by atoms with van der Waals surface area (Å²) in [6.07, 6.45) is 1.40. The highest BCUT2D eigenvalue weighted by Gasteiger charge is 2.19. The molecule has 0 amide bonds. The summed E-state index contributed by atoms with van der Waals surface area (Å²) in [7, 11) is -3.17. The third kappa shape index (κ3) is 3.60. The lowest BCUT2D eigenvalue weighted by Crippen LogP contribution is -2.30. The van der Waals surface area contributed by atoms with Gasteiger partial charge in [-0.05, 0) is 24.1 Å². The molecule has 0 heterocycles. The molecule has 0 aliphatic heterocycles. The fourth-order valence-corrected chi connectivity index (χ4v) is 2.18. The third-order valence-corrected chi connectivity index (χ3v) is 3.79. The van der Waals surface area contributed by atoms with Crippen LogP contribution in [0.3, 0.4) is 0 Å². The topological polar surface area (TPSA) is 60.2 Å². The highest BCUT2D eigenvalue weighted by atomic mass is 32.2. The van der Waals surface area contributed by atoms with Gasteiger partial charge in [0.15, 0.2) is 9.84 Å². The van der Waals surface area contributed by atoms with Crippen LogP contribution in [0.4, 0.5) is 4.39 Å². The number of nitrogens with two attached hydrogens (primary N) is 1. The van der Waals surface area contributed by atoms with Crippen LogP contribution >= 0.6 is 0 Å². The lowest BCUT2D eigenvalue weighted by molar-refractivity contribution is 0.583. The standard InChI is InChI=1S/C10H14FNO2S/c1-15(13,14)10(7-12)6-8-3-2-4-9(11)5-8/h2-5,10H,6-7,12H2,1H3. The van der Waals surface area contributed by atoms with Gasteiger partial charge in [0, 0.05) is 12.8 Å². The predicted molar refractivity (Wildman–Crippen MR) is 57.8 cm³/mol. The van der Waals surface area contributed by atoms with Gasteiger partial charge in [-0.1, -0.05) is 12.1 Å². The van der Waals surface area contributed by atoms with E-state index in [9.17, 15) is 12.8 Å². The SMILES string of the molecule is CS(=O)(=O)C(CN)Cc1cccc(F)c1. The fourth-order valence-electron chi connectivity index (χ4n) is 1.34. The minimum absolute atomic E-state index is 0.0509. The number of halogens is 1. The van der Waals surface area contributed by atoms with Crippen molar-refractivity contribution in [3.63, 3.8) is 0 Å². The van der Waals surface area contributed by atoms with E-state index in [0.29, 0.717) is 5.56 Å². The Labute approximate surface area is 89.0 Å². The van der Waals surface area contributed by atoms with Gasteiger partial charge < -0.3 is 5.73 Å². The predicted octanol–water partition coefficient (Wildman–Crippen LogP) is 0.740. The van der Waals surface area contributed by atoms with E-state index < -0.39 is 15.1 Å². The Morgan fingerprint density at radius 2 is 2.13 bits per heavy atom. The van der Waals surface area contributed by atoms with Crippen LogP contribution in [0, 0.1) is 5.82 Å². The molecule has 0 radical (unpaired) electrons. The third-order valence-electron chi connectivity index (χ3n) is 2.22. The van der Waals surface area contributed by atoms with Crippen molar-refractivity contribution < 1.29 is 12.8 Å². The van der Waals surface area contributed by atoms with E-state index >= 15 is 0 Å². The molecule has 0 aliphatic carbocycles. The first-order valence-corrected chi connectivity index (χ1v) is 6.52. The Morgan fingerprint density at radius 1 is 1.47 bits per heavy atom. The highest BCUT2D eigenvalue weighted by Crippen LogP contribution is 2.10. The zero-order valence-electron chi connectivity index (χ0n) is 8.48. The van der Waals surface area contributed by atoms with Crippen LogP contribution in [0.2, 0.25) is 0 Å². The van der Waals surface area contributed by atoms with Gasteiger partial charge in [0.2, 0.25) is 0 Å². The second-order valence-corrected chi connectivity index (χ2v) is 5.85. The van der Waals surface area contributed by atoms with Gasteiger partial charge in [0.05, 0.1) is 5.25 Å². The molecule has 2 N–H and O–H groups in total. The van der Waals surface area contributed by atoms with Crippen molar-refractivity contribution in [3.05, 3.63) is 35.6 Å². The summed E-state index contributed by atoms with van der Waals surface area (Å²) in [6.45, 7) is 0.0509. The summed E-state index contributed by atoms with van der Waals surface area (Å²) in [5.74, 6) is -0.364. The van der Waals surface area contributed by atoms with Crippen molar-refractivity contribution in [1.82, 2.24) is 0 Å². The molecule has 1 aromatic rings. The van der Waals surface area contributed by atoms with E-state index in [0.717, 1.165) is 6.26 Å². The Bertz CT molecular complexity index is 431. The van der Waals surface area contributed by atoms with Gasteiger partial charge in [0.1, 0.15) is 5.82 Å². The normalized spacial score (nSPS) is 13.8.